The fraction of sp³-hybridized carbons (Fsp3) is 0.235. The van der Waals surface area contributed by atoms with Crippen molar-refractivity contribution in [3.8, 4) is 17.2 Å². The highest BCUT2D eigenvalue weighted by molar-refractivity contribution is 6.30. The second kappa shape index (κ2) is 8.43. The van der Waals surface area contributed by atoms with Crippen molar-refractivity contribution in [2.45, 2.75) is 6.54 Å². The van der Waals surface area contributed by atoms with Gasteiger partial charge in [-0.25, -0.2) is 9.18 Å². The van der Waals surface area contributed by atoms with Gasteiger partial charge in [0.05, 0.1) is 27.0 Å². The van der Waals surface area contributed by atoms with Gasteiger partial charge in [0.15, 0.2) is 11.5 Å². The van der Waals surface area contributed by atoms with Crippen molar-refractivity contribution in [3.63, 3.8) is 0 Å². The molecule has 0 aliphatic heterocycles. The number of methoxy groups -OCH3 is 3. The lowest BCUT2D eigenvalue weighted by Crippen LogP contribution is -2.28. The van der Waals surface area contributed by atoms with E-state index in [4.69, 9.17) is 25.8 Å². The smallest absolute Gasteiger partial charge is 0.319 e. The first kappa shape index (κ1) is 18.7. The maximum absolute atomic E-state index is 13.7. The Bertz CT molecular complexity index is 771. The van der Waals surface area contributed by atoms with Crippen LogP contribution in [0.4, 0.5) is 14.9 Å². The van der Waals surface area contributed by atoms with Gasteiger partial charge >= 0.3 is 6.03 Å². The molecule has 2 rings (SSSR count). The Kier molecular flexibility index (Phi) is 6.30. The van der Waals surface area contributed by atoms with E-state index in [1.54, 1.807) is 12.1 Å². The summed E-state index contributed by atoms with van der Waals surface area (Å²) in [7, 11) is 4.50. The van der Waals surface area contributed by atoms with E-state index in [9.17, 15) is 9.18 Å². The molecule has 2 N–H and O–H groups in total. The zero-order chi connectivity index (χ0) is 18.4. The van der Waals surface area contributed by atoms with Crippen LogP contribution in [0.5, 0.6) is 17.2 Å². The molecule has 2 aromatic carbocycles. The summed E-state index contributed by atoms with van der Waals surface area (Å²) in [5.41, 5.74) is 0.702. The van der Waals surface area contributed by atoms with Crippen LogP contribution in [-0.2, 0) is 6.54 Å². The lowest BCUT2D eigenvalue weighted by molar-refractivity contribution is 0.251. The number of halogens is 2. The van der Waals surface area contributed by atoms with Crippen LogP contribution in [0.1, 0.15) is 5.56 Å². The highest BCUT2D eigenvalue weighted by Crippen LogP contribution is 2.39. The van der Waals surface area contributed by atoms with Gasteiger partial charge in [-0.1, -0.05) is 11.6 Å². The SMILES string of the molecule is COc1ccc(CNC(=O)Nc2ccc(Cl)cc2F)c(OC)c1OC. The monoisotopic (exact) mass is 368 g/mol. The second-order valence-electron chi connectivity index (χ2n) is 4.93. The molecule has 2 amide bonds. The number of ether oxygens (including phenoxy) is 3. The number of hydrogen-bond acceptors (Lipinski definition) is 4. The van der Waals surface area contributed by atoms with E-state index < -0.39 is 11.8 Å². The molecule has 134 valence electrons. The molecule has 0 fully saturated rings. The first-order chi connectivity index (χ1) is 12.0. The first-order valence-corrected chi connectivity index (χ1v) is 7.65. The van der Waals surface area contributed by atoms with Gasteiger partial charge in [0.2, 0.25) is 5.75 Å². The highest BCUT2D eigenvalue weighted by Gasteiger charge is 2.16. The third-order valence-electron chi connectivity index (χ3n) is 3.40. The van der Waals surface area contributed by atoms with Gasteiger partial charge in [0.25, 0.3) is 0 Å². The summed E-state index contributed by atoms with van der Waals surface area (Å²) in [5, 5.41) is 5.29. The fourth-order valence-electron chi connectivity index (χ4n) is 2.24. The molecule has 0 heterocycles. The highest BCUT2D eigenvalue weighted by atomic mass is 35.5. The Hall–Kier alpha value is -2.67. The van der Waals surface area contributed by atoms with Crippen LogP contribution in [0.2, 0.25) is 5.02 Å². The Morgan fingerprint density at radius 1 is 1.08 bits per heavy atom. The van der Waals surface area contributed by atoms with Crippen LogP contribution in [0.15, 0.2) is 30.3 Å². The van der Waals surface area contributed by atoms with E-state index >= 15 is 0 Å². The lowest BCUT2D eigenvalue weighted by Gasteiger charge is -2.16. The van der Waals surface area contributed by atoms with Gasteiger partial charge in [-0.15, -0.1) is 0 Å². The van der Waals surface area contributed by atoms with E-state index in [0.717, 1.165) is 6.07 Å². The number of carbonyl (C=O) groups is 1. The van der Waals surface area contributed by atoms with Crippen molar-refractivity contribution in [1.29, 1.82) is 0 Å². The third kappa shape index (κ3) is 4.45. The van der Waals surface area contributed by atoms with Crippen LogP contribution in [0.25, 0.3) is 0 Å². The number of benzene rings is 2. The molecule has 0 aromatic heterocycles. The van der Waals surface area contributed by atoms with E-state index in [0.29, 0.717) is 22.8 Å². The van der Waals surface area contributed by atoms with Crippen molar-refractivity contribution in [3.05, 3.63) is 46.7 Å². The quantitative estimate of drug-likeness (QED) is 0.813. The third-order valence-corrected chi connectivity index (χ3v) is 3.64. The van der Waals surface area contributed by atoms with E-state index in [2.05, 4.69) is 10.6 Å². The van der Waals surface area contributed by atoms with Crippen LogP contribution in [0.3, 0.4) is 0 Å². The van der Waals surface area contributed by atoms with E-state index in [1.165, 1.54) is 33.5 Å². The van der Waals surface area contributed by atoms with Crippen molar-refractivity contribution in [2.75, 3.05) is 26.6 Å². The van der Waals surface area contributed by atoms with Crippen LogP contribution >= 0.6 is 11.6 Å². The molecular formula is C17H18ClFN2O4. The summed E-state index contributed by atoms with van der Waals surface area (Å²) in [6.45, 7) is 0.143. The molecular weight excluding hydrogens is 351 g/mol. The zero-order valence-electron chi connectivity index (χ0n) is 14.0. The van der Waals surface area contributed by atoms with Crippen molar-refractivity contribution >= 4 is 23.3 Å². The number of amides is 2. The van der Waals surface area contributed by atoms with Crippen LogP contribution in [-0.4, -0.2) is 27.4 Å². The Morgan fingerprint density at radius 2 is 1.80 bits per heavy atom. The topological polar surface area (TPSA) is 68.8 Å². The minimum Gasteiger partial charge on any atom is -0.493 e. The van der Waals surface area contributed by atoms with Gasteiger partial charge in [-0.3, -0.25) is 0 Å². The maximum Gasteiger partial charge on any atom is 0.319 e. The van der Waals surface area contributed by atoms with E-state index in [1.807, 2.05) is 0 Å². The zero-order valence-corrected chi connectivity index (χ0v) is 14.7. The second-order valence-corrected chi connectivity index (χ2v) is 5.36. The molecule has 2 aromatic rings. The summed E-state index contributed by atoms with van der Waals surface area (Å²) >= 11 is 5.68. The average Bonchev–Trinajstić information content (AvgIpc) is 2.61. The molecule has 0 atom stereocenters. The molecule has 8 heteroatoms. The number of urea groups is 1. The van der Waals surface area contributed by atoms with Gasteiger partial charge < -0.3 is 24.8 Å². The number of carbonyl (C=O) groups excluding carboxylic acids is 1. The predicted octanol–water partition coefficient (Wildman–Crippen LogP) is 3.83. The fourth-order valence-corrected chi connectivity index (χ4v) is 2.39. The first-order valence-electron chi connectivity index (χ1n) is 7.28. The van der Waals surface area contributed by atoms with Crippen LogP contribution < -0.4 is 24.8 Å². The molecule has 0 aliphatic rings. The number of hydrogen-bond donors (Lipinski definition) is 2. The molecule has 6 nitrogen and oxygen atoms in total. The average molecular weight is 369 g/mol. The molecule has 0 bridgehead atoms. The van der Waals surface area contributed by atoms with Crippen molar-refractivity contribution < 1.29 is 23.4 Å². The molecule has 25 heavy (non-hydrogen) atoms. The van der Waals surface area contributed by atoms with Gasteiger partial charge in [0.1, 0.15) is 5.82 Å². The number of nitrogens with one attached hydrogen (secondary N) is 2. The van der Waals surface area contributed by atoms with Gasteiger partial charge in [0, 0.05) is 17.1 Å². The van der Waals surface area contributed by atoms with Gasteiger partial charge in [-0.2, -0.15) is 0 Å². The van der Waals surface area contributed by atoms with E-state index in [-0.39, 0.29) is 17.3 Å². The number of rotatable bonds is 6. The largest absolute Gasteiger partial charge is 0.493 e. The molecule has 0 saturated heterocycles. The van der Waals surface area contributed by atoms with Gasteiger partial charge in [-0.05, 0) is 30.3 Å². The predicted molar refractivity (Wildman–Crippen MR) is 93.4 cm³/mol. The summed E-state index contributed by atoms with van der Waals surface area (Å²) in [6.07, 6.45) is 0. The van der Waals surface area contributed by atoms with Crippen molar-refractivity contribution in [2.24, 2.45) is 0 Å². The standard InChI is InChI=1S/C17H18ClFN2O4/c1-23-14-7-4-10(15(24-2)16(14)25-3)9-20-17(22)21-13-6-5-11(18)8-12(13)19/h4-8H,9H2,1-3H3,(H2,20,21,22). The Morgan fingerprint density at radius 3 is 2.40 bits per heavy atom. The normalized spacial score (nSPS) is 10.1. The Balaban J connectivity index is 2.09. The minimum atomic E-state index is -0.619. The molecule has 0 spiro atoms. The van der Waals surface area contributed by atoms with Crippen LogP contribution in [0, 0.1) is 5.82 Å². The summed E-state index contributed by atoms with van der Waals surface area (Å²) in [5.74, 6) is 0.760. The maximum atomic E-state index is 13.7. The summed E-state index contributed by atoms with van der Waals surface area (Å²) in [6, 6.07) is 6.86. The number of anilines is 1. The Labute approximate surface area is 149 Å². The molecule has 0 saturated carbocycles. The molecule has 0 radical (unpaired) electrons. The minimum absolute atomic E-state index is 0.0289. The molecule has 0 aliphatic carbocycles. The summed E-state index contributed by atoms with van der Waals surface area (Å²) < 4.78 is 29.5. The van der Waals surface area contributed by atoms with Crippen molar-refractivity contribution in [1.82, 2.24) is 5.32 Å². The summed E-state index contributed by atoms with van der Waals surface area (Å²) in [4.78, 5) is 12.0. The molecule has 0 unspecified atom stereocenters. The lowest BCUT2D eigenvalue weighted by atomic mass is 10.1.